The summed E-state index contributed by atoms with van der Waals surface area (Å²) in [5, 5.41) is 3.56. The quantitative estimate of drug-likeness (QED) is 0.857. The molecule has 0 radical (unpaired) electrons. The van der Waals surface area contributed by atoms with Crippen molar-refractivity contribution in [3.63, 3.8) is 0 Å². The van der Waals surface area contributed by atoms with Gasteiger partial charge in [0.25, 0.3) is 0 Å². The monoisotopic (exact) mass is 278 g/mol. The Kier molecular flexibility index (Phi) is 5.55. The minimum Gasteiger partial charge on any atom is -0.316 e. The van der Waals surface area contributed by atoms with Gasteiger partial charge in [-0.15, -0.1) is 0 Å². The summed E-state index contributed by atoms with van der Waals surface area (Å²) in [6.45, 7) is 6.58. The van der Waals surface area contributed by atoms with Gasteiger partial charge in [-0.05, 0) is 56.0 Å². The van der Waals surface area contributed by atoms with Crippen LogP contribution in [0.2, 0.25) is 0 Å². The van der Waals surface area contributed by atoms with E-state index in [1.807, 2.05) is 12.1 Å². The first-order chi connectivity index (χ1) is 9.63. The highest BCUT2D eigenvalue weighted by molar-refractivity contribution is 5.15. The zero-order chi connectivity index (χ0) is 14.4. The summed E-state index contributed by atoms with van der Waals surface area (Å²) in [6.07, 6.45) is 5.13. The van der Waals surface area contributed by atoms with Crippen LogP contribution in [0.1, 0.15) is 38.2 Å². The van der Waals surface area contributed by atoms with Crippen molar-refractivity contribution < 1.29 is 4.39 Å². The molecule has 1 aliphatic rings. The third-order valence-corrected chi connectivity index (χ3v) is 4.31. The standard InChI is InChI=1S/C17H27FN2/c1-3-9-17(10-4-11-19-13-17)14-20(2)12-15-5-7-16(18)8-6-15/h5-8,19H,3-4,9-14H2,1-2H3. The highest BCUT2D eigenvalue weighted by atomic mass is 19.1. The maximum absolute atomic E-state index is 12.9. The van der Waals surface area contributed by atoms with Gasteiger partial charge in [-0.3, -0.25) is 0 Å². The first kappa shape index (κ1) is 15.5. The Hall–Kier alpha value is -0.930. The Morgan fingerprint density at radius 2 is 2.05 bits per heavy atom. The van der Waals surface area contributed by atoms with Crippen LogP contribution >= 0.6 is 0 Å². The Balaban J connectivity index is 1.93. The fourth-order valence-corrected chi connectivity index (χ4v) is 3.52. The van der Waals surface area contributed by atoms with Gasteiger partial charge in [-0.2, -0.15) is 0 Å². The van der Waals surface area contributed by atoms with Crippen LogP contribution in [0, 0.1) is 11.2 Å². The highest BCUT2D eigenvalue weighted by Gasteiger charge is 2.32. The second kappa shape index (κ2) is 7.19. The summed E-state index contributed by atoms with van der Waals surface area (Å²) in [5.74, 6) is -0.157. The van der Waals surface area contributed by atoms with Crippen LogP contribution in [0.4, 0.5) is 4.39 Å². The van der Waals surface area contributed by atoms with Gasteiger partial charge in [0.2, 0.25) is 0 Å². The second-order valence-electron chi connectivity index (χ2n) is 6.33. The van der Waals surface area contributed by atoms with Gasteiger partial charge < -0.3 is 10.2 Å². The van der Waals surface area contributed by atoms with Gasteiger partial charge in [0.15, 0.2) is 0 Å². The van der Waals surface area contributed by atoms with Crippen LogP contribution in [0.25, 0.3) is 0 Å². The zero-order valence-electron chi connectivity index (χ0n) is 12.8. The summed E-state index contributed by atoms with van der Waals surface area (Å²) in [7, 11) is 2.18. The molecule has 0 bridgehead atoms. The van der Waals surface area contributed by atoms with Crippen molar-refractivity contribution >= 4 is 0 Å². The SMILES string of the molecule is CCCC1(CN(C)Cc2ccc(F)cc2)CCCNC1. The third-order valence-electron chi connectivity index (χ3n) is 4.31. The molecule has 1 saturated heterocycles. The fraction of sp³-hybridized carbons (Fsp3) is 0.647. The number of piperidine rings is 1. The molecular weight excluding hydrogens is 251 g/mol. The van der Waals surface area contributed by atoms with Gasteiger partial charge in [0, 0.05) is 19.6 Å². The second-order valence-corrected chi connectivity index (χ2v) is 6.33. The van der Waals surface area contributed by atoms with Gasteiger partial charge in [-0.1, -0.05) is 25.5 Å². The fourth-order valence-electron chi connectivity index (χ4n) is 3.52. The molecule has 2 rings (SSSR count). The Labute approximate surface area is 122 Å². The smallest absolute Gasteiger partial charge is 0.123 e. The van der Waals surface area contributed by atoms with E-state index in [4.69, 9.17) is 0 Å². The van der Waals surface area contributed by atoms with E-state index in [0.717, 1.165) is 26.2 Å². The number of hydrogen-bond acceptors (Lipinski definition) is 2. The first-order valence-corrected chi connectivity index (χ1v) is 7.77. The molecule has 1 N–H and O–H groups in total. The van der Waals surface area contributed by atoms with E-state index in [-0.39, 0.29) is 5.82 Å². The lowest BCUT2D eigenvalue weighted by Gasteiger charge is -2.40. The van der Waals surface area contributed by atoms with E-state index in [1.165, 1.54) is 31.2 Å². The molecule has 112 valence electrons. The van der Waals surface area contributed by atoms with Crippen LogP contribution in [0.15, 0.2) is 24.3 Å². The van der Waals surface area contributed by atoms with Crippen LogP contribution in [0.3, 0.4) is 0 Å². The molecule has 20 heavy (non-hydrogen) atoms. The lowest BCUT2D eigenvalue weighted by atomic mass is 9.76. The molecule has 1 fully saturated rings. The van der Waals surface area contributed by atoms with Crippen molar-refractivity contribution in [2.45, 2.75) is 39.2 Å². The molecular formula is C17H27FN2. The van der Waals surface area contributed by atoms with Gasteiger partial charge in [0.1, 0.15) is 5.82 Å². The number of rotatable bonds is 6. The summed E-state index contributed by atoms with van der Waals surface area (Å²) in [6, 6.07) is 6.87. The molecule has 0 amide bonds. The maximum Gasteiger partial charge on any atom is 0.123 e. The maximum atomic E-state index is 12.9. The predicted molar refractivity (Wildman–Crippen MR) is 82.2 cm³/mol. The van der Waals surface area contributed by atoms with Gasteiger partial charge in [-0.25, -0.2) is 4.39 Å². The molecule has 1 heterocycles. The van der Waals surface area contributed by atoms with Crippen molar-refractivity contribution in [1.29, 1.82) is 0 Å². The topological polar surface area (TPSA) is 15.3 Å². The summed E-state index contributed by atoms with van der Waals surface area (Å²) in [5.41, 5.74) is 1.60. The predicted octanol–water partition coefficient (Wildman–Crippen LogP) is 3.43. The number of benzene rings is 1. The van der Waals surface area contributed by atoms with E-state index in [0.29, 0.717) is 5.41 Å². The number of nitrogens with zero attached hydrogens (tertiary/aromatic N) is 1. The number of hydrogen-bond donors (Lipinski definition) is 1. The van der Waals surface area contributed by atoms with Crippen LogP contribution in [-0.4, -0.2) is 31.6 Å². The molecule has 1 aromatic rings. The van der Waals surface area contributed by atoms with Gasteiger partial charge in [0.05, 0.1) is 0 Å². The molecule has 2 nitrogen and oxygen atoms in total. The largest absolute Gasteiger partial charge is 0.316 e. The van der Waals surface area contributed by atoms with E-state index in [9.17, 15) is 4.39 Å². The minimum atomic E-state index is -0.157. The van der Waals surface area contributed by atoms with E-state index in [2.05, 4.69) is 24.2 Å². The lowest BCUT2D eigenvalue weighted by Crippen LogP contribution is -2.46. The molecule has 0 aliphatic carbocycles. The van der Waals surface area contributed by atoms with Crippen LogP contribution in [-0.2, 0) is 6.54 Å². The molecule has 0 spiro atoms. The lowest BCUT2D eigenvalue weighted by molar-refractivity contribution is 0.118. The average Bonchev–Trinajstić information content (AvgIpc) is 2.42. The molecule has 1 aliphatic heterocycles. The summed E-state index contributed by atoms with van der Waals surface area (Å²) in [4.78, 5) is 2.38. The van der Waals surface area contributed by atoms with Crippen molar-refractivity contribution in [3.8, 4) is 0 Å². The third kappa shape index (κ3) is 4.29. The zero-order valence-corrected chi connectivity index (χ0v) is 12.8. The molecule has 0 saturated carbocycles. The van der Waals surface area contributed by atoms with Crippen molar-refractivity contribution in [3.05, 3.63) is 35.6 Å². The van der Waals surface area contributed by atoms with Gasteiger partial charge >= 0.3 is 0 Å². The van der Waals surface area contributed by atoms with E-state index >= 15 is 0 Å². The average molecular weight is 278 g/mol. The Morgan fingerprint density at radius 3 is 2.65 bits per heavy atom. The number of halogens is 1. The van der Waals surface area contributed by atoms with Crippen LogP contribution < -0.4 is 5.32 Å². The Bertz CT molecular complexity index is 390. The number of nitrogens with one attached hydrogen (secondary N) is 1. The molecule has 1 aromatic carbocycles. The van der Waals surface area contributed by atoms with E-state index < -0.39 is 0 Å². The molecule has 1 atom stereocenters. The van der Waals surface area contributed by atoms with E-state index in [1.54, 1.807) is 12.1 Å². The summed E-state index contributed by atoms with van der Waals surface area (Å²) >= 11 is 0. The molecule has 1 unspecified atom stereocenters. The van der Waals surface area contributed by atoms with Crippen molar-refractivity contribution in [2.24, 2.45) is 5.41 Å². The van der Waals surface area contributed by atoms with Crippen LogP contribution in [0.5, 0.6) is 0 Å². The van der Waals surface area contributed by atoms with Crippen molar-refractivity contribution in [2.75, 3.05) is 26.7 Å². The summed E-state index contributed by atoms with van der Waals surface area (Å²) < 4.78 is 12.9. The first-order valence-electron chi connectivity index (χ1n) is 7.77. The molecule has 0 aromatic heterocycles. The Morgan fingerprint density at radius 1 is 1.30 bits per heavy atom. The minimum absolute atomic E-state index is 0.157. The normalized spacial score (nSPS) is 23.2. The van der Waals surface area contributed by atoms with Crippen molar-refractivity contribution in [1.82, 2.24) is 10.2 Å². The highest BCUT2D eigenvalue weighted by Crippen LogP contribution is 2.32. The molecule has 3 heteroatoms.